The van der Waals surface area contributed by atoms with E-state index < -0.39 is 6.04 Å². The lowest BCUT2D eigenvalue weighted by atomic mass is 9.94. The minimum absolute atomic E-state index is 0.00486. The van der Waals surface area contributed by atoms with Crippen molar-refractivity contribution in [3.05, 3.63) is 35.0 Å². The van der Waals surface area contributed by atoms with E-state index >= 15 is 0 Å². The summed E-state index contributed by atoms with van der Waals surface area (Å²) >= 11 is 3.08. The number of nitrogens with zero attached hydrogens (tertiary/aromatic N) is 2. The summed E-state index contributed by atoms with van der Waals surface area (Å²) in [5.74, 6) is -0.0733. The van der Waals surface area contributed by atoms with Gasteiger partial charge < -0.3 is 14.2 Å². The maximum absolute atomic E-state index is 13.8. The Labute approximate surface area is 241 Å². The second-order valence-corrected chi connectivity index (χ2v) is 12.0. The summed E-state index contributed by atoms with van der Waals surface area (Å²) in [5, 5.41) is 0.927. The Morgan fingerprint density at radius 3 is 2.33 bits per heavy atom. The van der Waals surface area contributed by atoms with Gasteiger partial charge in [0.1, 0.15) is 12.6 Å². The van der Waals surface area contributed by atoms with Crippen LogP contribution in [0.25, 0.3) is 10.9 Å². The summed E-state index contributed by atoms with van der Waals surface area (Å²) in [7, 11) is 0. The van der Waals surface area contributed by atoms with E-state index in [1.54, 1.807) is 11.8 Å². The Morgan fingerprint density at radius 1 is 1.03 bits per heavy atom. The van der Waals surface area contributed by atoms with E-state index in [0.717, 1.165) is 36.6 Å². The van der Waals surface area contributed by atoms with E-state index in [9.17, 15) is 14.4 Å². The van der Waals surface area contributed by atoms with E-state index in [2.05, 4.69) is 46.5 Å². The molecule has 4 rings (SSSR count). The molecule has 0 unspecified atom stereocenters. The first kappa shape index (κ1) is 29.8. The number of carbonyl (C=O) groups excluding carboxylic acids is 3. The van der Waals surface area contributed by atoms with Crippen molar-refractivity contribution in [1.82, 2.24) is 13.8 Å². The SMILES string of the molecule is CC(=O)c1cn2c3c(cc(C(C)C)cc13)CCCCCCCCCCCO[C@@H]1CCN(C(=O)C2)[C@@H]1C(=O)NBr. The first-order chi connectivity index (χ1) is 18.8. The van der Waals surface area contributed by atoms with Crippen molar-refractivity contribution in [2.45, 2.75) is 116 Å². The van der Waals surface area contributed by atoms with Gasteiger partial charge in [-0.25, -0.2) is 0 Å². The molecule has 2 amide bonds. The summed E-state index contributed by atoms with van der Waals surface area (Å²) in [4.78, 5) is 41.0. The van der Waals surface area contributed by atoms with Crippen LogP contribution >= 0.6 is 16.1 Å². The maximum atomic E-state index is 13.8. The summed E-state index contributed by atoms with van der Waals surface area (Å²) in [6.45, 7) is 7.09. The summed E-state index contributed by atoms with van der Waals surface area (Å²) in [5.41, 5.74) is 4.04. The van der Waals surface area contributed by atoms with Crippen molar-refractivity contribution in [2.24, 2.45) is 0 Å². The fourth-order valence-corrected chi connectivity index (χ4v) is 6.43. The zero-order valence-corrected chi connectivity index (χ0v) is 25.4. The Kier molecular flexibility index (Phi) is 10.6. The van der Waals surface area contributed by atoms with Crippen molar-refractivity contribution in [3.63, 3.8) is 0 Å². The highest BCUT2D eigenvalue weighted by Gasteiger charge is 2.42. The van der Waals surface area contributed by atoms with Gasteiger partial charge in [0.25, 0.3) is 5.91 Å². The van der Waals surface area contributed by atoms with Gasteiger partial charge in [0.15, 0.2) is 5.78 Å². The molecular weight excluding hydrogens is 558 g/mol. The number of hydrogen-bond acceptors (Lipinski definition) is 4. The number of fused-ring (bicyclic) bond motifs is 2. The molecule has 2 atom stereocenters. The van der Waals surface area contributed by atoms with Crippen LogP contribution in [0.2, 0.25) is 0 Å². The first-order valence-electron chi connectivity index (χ1n) is 14.8. The zero-order chi connectivity index (χ0) is 27.9. The smallest absolute Gasteiger partial charge is 0.255 e. The molecule has 0 aliphatic carbocycles. The van der Waals surface area contributed by atoms with E-state index in [1.807, 2.05) is 10.8 Å². The molecule has 1 aromatic heterocycles. The van der Waals surface area contributed by atoms with Crippen LogP contribution in [-0.4, -0.2) is 52.4 Å². The molecule has 7 nitrogen and oxygen atoms in total. The summed E-state index contributed by atoms with van der Waals surface area (Å²) < 4.78 is 10.7. The molecule has 1 N–H and O–H groups in total. The molecule has 0 radical (unpaired) electrons. The number of ether oxygens (including phenoxy) is 1. The Morgan fingerprint density at radius 2 is 1.69 bits per heavy atom. The monoisotopic (exact) mass is 601 g/mol. The first-order valence-corrected chi connectivity index (χ1v) is 15.6. The van der Waals surface area contributed by atoms with E-state index in [4.69, 9.17) is 4.74 Å². The van der Waals surface area contributed by atoms with Crippen LogP contribution in [0.5, 0.6) is 0 Å². The molecule has 0 saturated carbocycles. The van der Waals surface area contributed by atoms with E-state index in [-0.39, 0.29) is 30.2 Å². The average Bonchev–Trinajstić information content (AvgIpc) is 3.50. The lowest BCUT2D eigenvalue weighted by Crippen LogP contribution is -2.49. The number of hydrogen-bond donors (Lipinski definition) is 1. The predicted octanol–water partition coefficient (Wildman–Crippen LogP) is 6.45. The van der Waals surface area contributed by atoms with Gasteiger partial charge in [-0.15, -0.1) is 0 Å². The van der Waals surface area contributed by atoms with Gasteiger partial charge in [0, 0.05) is 46.4 Å². The normalized spacial score (nSPS) is 22.3. The maximum Gasteiger partial charge on any atom is 0.255 e. The Bertz CT molecular complexity index is 1170. The number of rotatable bonds is 3. The number of Topliss-reactive ketones (excluding diaryl/α,β-unsaturated/α-hetero) is 1. The van der Waals surface area contributed by atoms with Crippen LogP contribution in [0.15, 0.2) is 18.3 Å². The highest BCUT2D eigenvalue weighted by molar-refractivity contribution is 9.08. The number of carbonyl (C=O) groups is 3. The lowest BCUT2D eigenvalue weighted by Gasteiger charge is -2.27. The van der Waals surface area contributed by atoms with Gasteiger partial charge in [-0.2, -0.15) is 0 Å². The highest BCUT2D eigenvalue weighted by Crippen LogP contribution is 2.32. The van der Waals surface area contributed by atoms with E-state index in [1.165, 1.54) is 49.7 Å². The number of nitrogens with one attached hydrogen (secondary N) is 1. The molecule has 0 spiro atoms. The quantitative estimate of drug-likeness (QED) is 0.324. The number of amides is 2. The minimum Gasteiger partial charge on any atom is -0.375 e. The molecule has 1 aromatic carbocycles. The van der Waals surface area contributed by atoms with Crippen LogP contribution in [0.4, 0.5) is 0 Å². The third-order valence-corrected chi connectivity index (χ3v) is 8.76. The van der Waals surface area contributed by atoms with Crippen molar-refractivity contribution in [3.8, 4) is 0 Å². The second-order valence-electron chi connectivity index (χ2n) is 11.6. The summed E-state index contributed by atoms with van der Waals surface area (Å²) in [6.07, 6.45) is 13.7. The second kappa shape index (κ2) is 13.9. The number of aromatic nitrogens is 1. The molecule has 2 aliphatic heterocycles. The number of halogens is 1. The number of ketones is 1. The van der Waals surface area contributed by atoms with Gasteiger partial charge in [0.2, 0.25) is 5.91 Å². The average molecular weight is 603 g/mol. The molecule has 2 aliphatic rings. The highest BCUT2D eigenvalue weighted by atomic mass is 79.9. The third kappa shape index (κ3) is 7.12. The molecule has 2 aromatic rings. The Hall–Kier alpha value is -2.19. The van der Waals surface area contributed by atoms with Crippen LogP contribution in [0, 0.1) is 0 Å². The van der Waals surface area contributed by atoms with Crippen molar-refractivity contribution >= 4 is 44.6 Å². The van der Waals surface area contributed by atoms with Crippen LogP contribution in [0.1, 0.15) is 112 Å². The molecule has 1 saturated heterocycles. The topological polar surface area (TPSA) is 80.6 Å². The van der Waals surface area contributed by atoms with Crippen molar-refractivity contribution in [1.29, 1.82) is 0 Å². The van der Waals surface area contributed by atoms with Crippen molar-refractivity contribution < 1.29 is 19.1 Å². The minimum atomic E-state index is -0.677. The van der Waals surface area contributed by atoms with Gasteiger partial charge in [0.05, 0.1) is 11.6 Å². The standard InChI is InChI=1S/C31H44BrN3O4/c1-21(2)24-17-23-13-11-9-7-5-4-6-8-10-12-16-39-27-14-15-35(30(27)31(38)33-32)28(37)20-34-19-26(22(3)36)25(18-24)29(23)34/h17-19,21,27,30H,4-16,20H2,1-3H3,(H,33,38)/t27-,30+/m1/s1. The fourth-order valence-electron chi connectivity index (χ4n) is 6.19. The molecule has 39 heavy (non-hydrogen) atoms. The lowest BCUT2D eigenvalue weighted by molar-refractivity contribution is -0.141. The molecule has 8 heteroatoms. The fraction of sp³-hybridized carbons (Fsp3) is 0.645. The van der Waals surface area contributed by atoms with Crippen LogP contribution in [0.3, 0.4) is 0 Å². The van der Waals surface area contributed by atoms with Gasteiger partial charge in [-0.1, -0.05) is 64.9 Å². The van der Waals surface area contributed by atoms with Crippen molar-refractivity contribution in [2.75, 3.05) is 13.2 Å². The van der Waals surface area contributed by atoms with Crippen LogP contribution < -0.4 is 4.34 Å². The van der Waals surface area contributed by atoms with E-state index in [0.29, 0.717) is 31.1 Å². The molecular formula is C31H44BrN3O4. The molecule has 214 valence electrons. The van der Waals surface area contributed by atoms with Gasteiger partial charge in [-0.3, -0.25) is 18.7 Å². The summed E-state index contributed by atoms with van der Waals surface area (Å²) in [6, 6.07) is 3.72. The third-order valence-electron chi connectivity index (χ3n) is 8.37. The molecule has 1 fully saturated rings. The number of aryl methyl sites for hydroxylation is 1. The predicted molar refractivity (Wildman–Crippen MR) is 158 cm³/mol. The van der Waals surface area contributed by atoms with Gasteiger partial charge >= 0.3 is 0 Å². The van der Waals surface area contributed by atoms with Gasteiger partial charge in [-0.05, 0) is 55.7 Å². The molecule has 2 bridgehead atoms. The van der Waals surface area contributed by atoms with Crippen LogP contribution in [-0.2, 0) is 27.3 Å². The number of benzene rings is 1. The molecule has 3 heterocycles. The Balaban J connectivity index is 1.72. The largest absolute Gasteiger partial charge is 0.375 e. The zero-order valence-electron chi connectivity index (χ0n) is 23.8.